The normalized spacial score (nSPS) is 39.4. The number of carbonyl (C=O) groups is 2. The van der Waals surface area contributed by atoms with Crippen LogP contribution in [0.15, 0.2) is 48.1 Å². The van der Waals surface area contributed by atoms with Crippen LogP contribution < -0.4 is 10.1 Å². The number of hydrogen-bond donors (Lipinski definition) is 2. The molecule has 3 fully saturated rings. The van der Waals surface area contributed by atoms with Crippen LogP contribution in [0, 0.1) is 38.7 Å². The predicted molar refractivity (Wildman–Crippen MR) is 134 cm³/mol. The van der Waals surface area contributed by atoms with Crippen molar-refractivity contribution in [3.63, 3.8) is 0 Å². The van der Waals surface area contributed by atoms with Crippen molar-refractivity contribution in [2.24, 2.45) is 28.6 Å². The first-order valence-corrected chi connectivity index (χ1v) is 13.0. The summed E-state index contributed by atoms with van der Waals surface area (Å²) in [5, 5.41) is 24.9. The van der Waals surface area contributed by atoms with Gasteiger partial charge in [0.05, 0.1) is 17.6 Å². The molecule has 0 radical (unpaired) electrons. The molecule has 2 N–H and O–H groups in total. The monoisotopic (exact) mass is 530 g/mol. The number of aliphatic hydroxyl groups excluding tert-OH is 1. The minimum absolute atomic E-state index is 0.0482. The number of aliphatic hydroxyl groups is 1. The first-order valence-electron chi connectivity index (χ1n) is 13.0. The topological polar surface area (TPSA) is 119 Å². The zero-order valence-electron chi connectivity index (χ0n) is 21.4. The molecule has 1 aromatic rings. The number of nitro benzene ring substituents is 1. The zero-order valence-corrected chi connectivity index (χ0v) is 21.4. The van der Waals surface area contributed by atoms with Crippen molar-refractivity contribution >= 4 is 17.4 Å². The molecule has 204 valence electrons. The van der Waals surface area contributed by atoms with Gasteiger partial charge in [0, 0.05) is 29.4 Å². The molecule has 1 amide bonds. The number of amides is 1. The molecular weight excluding hydrogens is 498 g/mol. The van der Waals surface area contributed by atoms with Crippen molar-refractivity contribution in [2.45, 2.75) is 57.5 Å². The Morgan fingerprint density at radius 2 is 1.95 bits per heavy atom. The lowest BCUT2D eigenvalue weighted by atomic mass is 9.45. The number of allylic oxidation sites excluding steroid dienone is 4. The van der Waals surface area contributed by atoms with Crippen LogP contribution in [-0.2, 0) is 9.59 Å². The van der Waals surface area contributed by atoms with Crippen LogP contribution >= 0.6 is 0 Å². The molecule has 5 rings (SSSR count). The van der Waals surface area contributed by atoms with Gasteiger partial charge in [0.15, 0.2) is 11.5 Å². The van der Waals surface area contributed by atoms with Crippen molar-refractivity contribution in [2.75, 3.05) is 13.2 Å². The fourth-order valence-corrected chi connectivity index (χ4v) is 7.76. The maximum atomic E-state index is 17.1. The van der Waals surface area contributed by atoms with Gasteiger partial charge in [0.1, 0.15) is 18.5 Å². The summed E-state index contributed by atoms with van der Waals surface area (Å²) in [6, 6.07) is 5.63. The number of nitro groups is 1. The lowest BCUT2D eigenvalue weighted by Crippen LogP contribution is -2.68. The average Bonchev–Trinajstić information content (AvgIpc) is 3.21. The van der Waals surface area contributed by atoms with Crippen molar-refractivity contribution in [1.29, 1.82) is 0 Å². The minimum Gasteiger partial charge on any atom is -0.492 e. The number of non-ortho nitro benzene ring substituents is 1. The molecule has 0 aliphatic heterocycles. The van der Waals surface area contributed by atoms with Crippen molar-refractivity contribution in [3.05, 3.63) is 58.2 Å². The Hall–Kier alpha value is -3.14. The fourth-order valence-electron chi connectivity index (χ4n) is 7.76. The third-order valence-corrected chi connectivity index (χ3v) is 9.66. The highest BCUT2D eigenvalue weighted by Crippen LogP contribution is 2.69. The third kappa shape index (κ3) is 3.87. The Morgan fingerprint density at radius 1 is 1.24 bits per heavy atom. The lowest BCUT2D eigenvalue weighted by Gasteiger charge is -2.62. The number of benzene rings is 1. The van der Waals surface area contributed by atoms with Gasteiger partial charge in [-0.3, -0.25) is 19.7 Å². The largest absolute Gasteiger partial charge is 0.492 e. The van der Waals surface area contributed by atoms with E-state index in [-0.39, 0.29) is 54.9 Å². The van der Waals surface area contributed by atoms with Crippen LogP contribution in [0.4, 0.5) is 14.5 Å². The number of ketones is 1. The summed E-state index contributed by atoms with van der Waals surface area (Å²) in [6.07, 6.45) is 1.89. The maximum Gasteiger partial charge on any atom is 0.269 e. The summed E-state index contributed by atoms with van der Waals surface area (Å²) in [7, 11) is 0. The van der Waals surface area contributed by atoms with E-state index < -0.39 is 45.5 Å². The number of hydrogen-bond acceptors (Lipinski definition) is 6. The van der Waals surface area contributed by atoms with Gasteiger partial charge >= 0.3 is 0 Å². The number of halogens is 2. The molecule has 4 aliphatic carbocycles. The standard InChI is InChI=1S/C28H32F2N2O6/c1-26-15-24(34)28(30)21(14-23(29)22-13-17(33)9-10-27(22,28)2)19(26)7-8-20(26)25(35)31-11-12-38-18-5-3-16(4-6-18)32(36)37/h3-6,9-10,13,19-21,23-24,34H,7-8,11-12,14-15H2,1-2H3,(H,31,35)/t19?,20?,21?,23-,24?,26?,27?,28-/m0/s1. The molecule has 0 heterocycles. The van der Waals surface area contributed by atoms with E-state index in [1.165, 1.54) is 42.5 Å². The molecule has 3 saturated carbocycles. The maximum absolute atomic E-state index is 17.1. The summed E-state index contributed by atoms with van der Waals surface area (Å²) in [6.45, 7) is 3.81. The number of fused-ring (bicyclic) bond motifs is 5. The van der Waals surface area contributed by atoms with E-state index in [0.717, 1.165) is 0 Å². The summed E-state index contributed by atoms with van der Waals surface area (Å²) in [4.78, 5) is 35.4. The first-order chi connectivity index (χ1) is 17.9. The zero-order chi connectivity index (χ0) is 27.5. The van der Waals surface area contributed by atoms with Crippen LogP contribution in [0.3, 0.4) is 0 Å². The van der Waals surface area contributed by atoms with Crippen molar-refractivity contribution in [1.82, 2.24) is 5.32 Å². The number of nitrogens with one attached hydrogen (secondary N) is 1. The second-order valence-electron chi connectivity index (χ2n) is 11.5. The van der Waals surface area contributed by atoms with Gasteiger partial charge in [-0.15, -0.1) is 0 Å². The SMILES string of the molecule is CC12CC(O)[C@@]3(F)C(C[C@H](F)C4=CC(=O)C=CC43C)C1CCC2C(=O)NCCOc1ccc([N+](=O)[O-])cc1. The van der Waals surface area contributed by atoms with Crippen LogP contribution in [0.5, 0.6) is 5.75 Å². The van der Waals surface area contributed by atoms with Gasteiger partial charge in [-0.05, 0) is 73.8 Å². The van der Waals surface area contributed by atoms with Gasteiger partial charge in [0.2, 0.25) is 5.91 Å². The fraction of sp³-hybridized carbons (Fsp3) is 0.571. The van der Waals surface area contributed by atoms with Crippen LogP contribution in [0.1, 0.15) is 39.5 Å². The lowest BCUT2D eigenvalue weighted by molar-refractivity contribution is -0.384. The number of nitrogens with zero attached hydrogens (tertiary/aromatic N) is 1. The Bertz CT molecular complexity index is 1220. The van der Waals surface area contributed by atoms with Crippen LogP contribution in [-0.4, -0.2) is 52.8 Å². The number of rotatable bonds is 6. The smallest absolute Gasteiger partial charge is 0.269 e. The van der Waals surface area contributed by atoms with E-state index in [1.54, 1.807) is 6.92 Å². The quantitative estimate of drug-likeness (QED) is 0.326. The van der Waals surface area contributed by atoms with Crippen LogP contribution in [0.2, 0.25) is 0 Å². The molecule has 0 saturated heterocycles. The minimum atomic E-state index is -2.15. The molecular formula is C28H32F2N2O6. The Morgan fingerprint density at radius 3 is 2.63 bits per heavy atom. The molecule has 10 heteroatoms. The molecule has 0 bridgehead atoms. The molecule has 0 spiro atoms. The number of ether oxygens (including phenoxy) is 1. The summed E-state index contributed by atoms with van der Waals surface area (Å²) < 4.78 is 38.1. The van der Waals surface area contributed by atoms with Crippen molar-refractivity contribution < 1.29 is 33.1 Å². The molecule has 1 aromatic carbocycles. The Kier molecular flexibility index (Phi) is 6.44. The predicted octanol–water partition coefficient (Wildman–Crippen LogP) is 4.02. The Balaban J connectivity index is 1.27. The van der Waals surface area contributed by atoms with E-state index >= 15 is 8.78 Å². The molecule has 8 atom stereocenters. The molecule has 38 heavy (non-hydrogen) atoms. The van der Waals surface area contributed by atoms with Gasteiger partial charge in [-0.2, -0.15) is 0 Å². The average molecular weight is 531 g/mol. The second-order valence-corrected chi connectivity index (χ2v) is 11.5. The molecule has 8 nitrogen and oxygen atoms in total. The summed E-state index contributed by atoms with van der Waals surface area (Å²) in [5.41, 5.74) is -4.25. The van der Waals surface area contributed by atoms with Crippen LogP contribution in [0.25, 0.3) is 0 Å². The molecule has 4 aliphatic rings. The molecule has 0 aromatic heterocycles. The second kappa shape index (κ2) is 9.25. The van der Waals surface area contributed by atoms with Gasteiger partial charge in [-0.1, -0.05) is 13.0 Å². The highest BCUT2D eigenvalue weighted by molar-refractivity contribution is 6.01. The number of alkyl halides is 2. The van der Waals surface area contributed by atoms with E-state index in [9.17, 15) is 24.8 Å². The summed E-state index contributed by atoms with van der Waals surface area (Å²) in [5.74, 6) is -1.74. The van der Waals surface area contributed by atoms with Gasteiger partial charge in [0.25, 0.3) is 5.69 Å². The van der Waals surface area contributed by atoms with Gasteiger partial charge < -0.3 is 15.2 Å². The molecule has 6 unspecified atom stereocenters. The third-order valence-electron chi connectivity index (χ3n) is 9.66. The van der Waals surface area contributed by atoms with E-state index in [2.05, 4.69) is 5.32 Å². The van der Waals surface area contributed by atoms with E-state index in [0.29, 0.717) is 18.6 Å². The Labute approximate surface area is 219 Å². The highest BCUT2D eigenvalue weighted by Gasteiger charge is 2.72. The van der Waals surface area contributed by atoms with E-state index in [4.69, 9.17) is 4.74 Å². The first kappa shape index (κ1) is 26.5. The number of carbonyl (C=O) groups excluding carboxylic acids is 2. The van der Waals surface area contributed by atoms with Gasteiger partial charge in [-0.25, -0.2) is 8.78 Å². The van der Waals surface area contributed by atoms with E-state index in [1.807, 2.05) is 6.92 Å². The summed E-state index contributed by atoms with van der Waals surface area (Å²) >= 11 is 0. The van der Waals surface area contributed by atoms with Crippen molar-refractivity contribution in [3.8, 4) is 5.75 Å². The highest BCUT2D eigenvalue weighted by atomic mass is 19.1.